The molecule has 1 saturated heterocycles. The molecule has 2 fully saturated rings. The zero-order valence-electron chi connectivity index (χ0n) is 17.9. The highest BCUT2D eigenvalue weighted by molar-refractivity contribution is 6.00. The van der Waals surface area contributed by atoms with E-state index in [9.17, 15) is 4.79 Å². The highest BCUT2D eigenvalue weighted by Crippen LogP contribution is 2.48. The first-order valence-corrected chi connectivity index (χ1v) is 11.0. The molecule has 5 rings (SSSR count). The zero-order valence-corrected chi connectivity index (χ0v) is 17.9. The van der Waals surface area contributed by atoms with Gasteiger partial charge in [0.2, 0.25) is 0 Å². The SMILES string of the molecule is COc1ccc(CN2C(=O)c3cc(OC)ccc3C23CCN(CC2CC2)CC3)cc1. The van der Waals surface area contributed by atoms with E-state index < -0.39 is 0 Å². The smallest absolute Gasteiger partial charge is 0.255 e. The van der Waals surface area contributed by atoms with Gasteiger partial charge >= 0.3 is 0 Å². The Morgan fingerprint density at radius 3 is 2.27 bits per heavy atom. The summed E-state index contributed by atoms with van der Waals surface area (Å²) >= 11 is 0. The summed E-state index contributed by atoms with van der Waals surface area (Å²) in [5.74, 6) is 2.60. The van der Waals surface area contributed by atoms with Crippen LogP contribution in [0.2, 0.25) is 0 Å². The average molecular weight is 407 g/mol. The van der Waals surface area contributed by atoms with Crippen molar-refractivity contribution < 1.29 is 14.3 Å². The van der Waals surface area contributed by atoms with Crippen LogP contribution in [0, 0.1) is 5.92 Å². The molecule has 1 spiro atoms. The summed E-state index contributed by atoms with van der Waals surface area (Å²) in [5, 5.41) is 0. The second-order valence-electron chi connectivity index (χ2n) is 8.93. The molecule has 0 atom stereocenters. The van der Waals surface area contributed by atoms with Crippen LogP contribution >= 0.6 is 0 Å². The van der Waals surface area contributed by atoms with Crippen LogP contribution < -0.4 is 9.47 Å². The maximum Gasteiger partial charge on any atom is 0.255 e. The van der Waals surface area contributed by atoms with Crippen LogP contribution in [-0.2, 0) is 12.1 Å². The van der Waals surface area contributed by atoms with Crippen molar-refractivity contribution in [2.75, 3.05) is 33.9 Å². The molecule has 2 aliphatic heterocycles. The molecule has 158 valence electrons. The quantitative estimate of drug-likeness (QED) is 0.726. The Bertz CT molecular complexity index is 928. The summed E-state index contributed by atoms with van der Waals surface area (Å²) < 4.78 is 10.7. The normalized spacial score (nSPS) is 20.5. The Labute approximate surface area is 178 Å². The van der Waals surface area contributed by atoms with Crippen molar-refractivity contribution in [1.29, 1.82) is 0 Å². The Morgan fingerprint density at radius 2 is 1.63 bits per heavy atom. The lowest BCUT2D eigenvalue weighted by Gasteiger charge is -2.45. The summed E-state index contributed by atoms with van der Waals surface area (Å²) in [6.07, 6.45) is 4.74. The summed E-state index contributed by atoms with van der Waals surface area (Å²) in [4.78, 5) is 18.3. The van der Waals surface area contributed by atoms with Gasteiger partial charge in [-0.1, -0.05) is 18.2 Å². The number of piperidine rings is 1. The van der Waals surface area contributed by atoms with Gasteiger partial charge in [0.25, 0.3) is 5.91 Å². The summed E-state index contributed by atoms with van der Waals surface area (Å²) in [5.41, 5.74) is 2.88. The maximum absolute atomic E-state index is 13.6. The number of methoxy groups -OCH3 is 2. The van der Waals surface area contributed by atoms with Crippen LogP contribution in [0.5, 0.6) is 11.5 Å². The van der Waals surface area contributed by atoms with Crippen LogP contribution in [0.15, 0.2) is 42.5 Å². The van der Waals surface area contributed by atoms with Crippen molar-refractivity contribution in [3.8, 4) is 11.5 Å². The maximum atomic E-state index is 13.6. The molecule has 0 N–H and O–H groups in total. The predicted octanol–water partition coefficient (Wildman–Crippen LogP) is 4.06. The zero-order chi connectivity index (χ0) is 20.7. The van der Waals surface area contributed by atoms with Crippen LogP contribution in [0.3, 0.4) is 0 Å². The van der Waals surface area contributed by atoms with Gasteiger partial charge in [-0.15, -0.1) is 0 Å². The molecule has 3 aliphatic rings. The fourth-order valence-corrected chi connectivity index (χ4v) is 5.17. The van der Waals surface area contributed by atoms with E-state index >= 15 is 0 Å². The second kappa shape index (κ2) is 7.62. The van der Waals surface area contributed by atoms with Crippen LogP contribution in [-0.4, -0.2) is 49.6 Å². The van der Waals surface area contributed by atoms with E-state index in [4.69, 9.17) is 9.47 Å². The van der Waals surface area contributed by atoms with E-state index in [1.807, 2.05) is 24.3 Å². The molecule has 30 heavy (non-hydrogen) atoms. The molecule has 0 bridgehead atoms. The number of nitrogens with zero attached hydrogens (tertiary/aromatic N) is 2. The second-order valence-corrected chi connectivity index (χ2v) is 8.93. The lowest BCUT2D eigenvalue weighted by molar-refractivity contribution is 0.0223. The van der Waals surface area contributed by atoms with Gasteiger partial charge in [-0.25, -0.2) is 0 Å². The number of carbonyl (C=O) groups excluding carboxylic acids is 1. The lowest BCUT2D eigenvalue weighted by atomic mass is 9.80. The fourth-order valence-electron chi connectivity index (χ4n) is 5.17. The third-order valence-corrected chi connectivity index (χ3v) is 7.12. The van der Waals surface area contributed by atoms with Gasteiger partial charge in [0.15, 0.2) is 0 Å². The number of hydrogen-bond donors (Lipinski definition) is 0. The number of likely N-dealkylation sites (tertiary alicyclic amines) is 1. The molecule has 1 amide bonds. The first kappa shape index (κ1) is 19.4. The molecule has 2 aromatic rings. The summed E-state index contributed by atoms with van der Waals surface area (Å²) in [7, 11) is 3.33. The van der Waals surface area contributed by atoms with Gasteiger partial charge in [-0.05, 0) is 67.0 Å². The van der Waals surface area contributed by atoms with Crippen molar-refractivity contribution in [3.05, 3.63) is 59.2 Å². The Hall–Kier alpha value is -2.53. The van der Waals surface area contributed by atoms with E-state index in [0.717, 1.165) is 54.5 Å². The number of carbonyl (C=O) groups is 1. The predicted molar refractivity (Wildman–Crippen MR) is 116 cm³/mol. The molecule has 0 unspecified atom stereocenters. The lowest BCUT2D eigenvalue weighted by Crippen LogP contribution is -2.51. The van der Waals surface area contributed by atoms with Crippen molar-refractivity contribution in [3.63, 3.8) is 0 Å². The molecule has 1 saturated carbocycles. The van der Waals surface area contributed by atoms with Crippen molar-refractivity contribution >= 4 is 5.91 Å². The Kier molecular flexibility index (Phi) is 4.94. The standard InChI is InChI=1S/C25H30N2O3/c1-29-20-7-5-19(6-8-20)17-27-24(28)22-15-21(30-2)9-10-23(22)25(27)11-13-26(14-12-25)16-18-3-4-18/h5-10,15,18H,3-4,11-14,16-17H2,1-2H3. The number of benzene rings is 2. The highest BCUT2D eigenvalue weighted by atomic mass is 16.5. The molecule has 1 aliphatic carbocycles. The first-order chi connectivity index (χ1) is 14.6. The number of ether oxygens (including phenoxy) is 2. The Balaban J connectivity index is 1.46. The monoisotopic (exact) mass is 406 g/mol. The fraction of sp³-hybridized carbons (Fsp3) is 0.480. The molecular formula is C25H30N2O3. The van der Waals surface area contributed by atoms with Gasteiger partial charge in [-0.3, -0.25) is 4.79 Å². The minimum absolute atomic E-state index is 0.121. The Morgan fingerprint density at radius 1 is 0.967 bits per heavy atom. The van der Waals surface area contributed by atoms with E-state index in [1.165, 1.54) is 24.9 Å². The molecule has 0 aromatic heterocycles. The third kappa shape index (κ3) is 3.35. The number of hydrogen-bond acceptors (Lipinski definition) is 4. The van der Waals surface area contributed by atoms with Gasteiger partial charge < -0.3 is 19.3 Å². The van der Waals surface area contributed by atoms with Crippen LogP contribution in [0.25, 0.3) is 0 Å². The minimum Gasteiger partial charge on any atom is -0.497 e. The van der Waals surface area contributed by atoms with E-state index in [2.05, 4.69) is 28.0 Å². The third-order valence-electron chi connectivity index (χ3n) is 7.12. The number of amides is 1. The van der Waals surface area contributed by atoms with E-state index in [0.29, 0.717) is 6.54 Å². The van der Waals surface area contributed by atoms with Crippen molar-refractivity contribution in [1.82, 2.24) is 9.80 Å². The molecule has 5 heteroatoms. The molecular weight excluding hydrogens is 376 g/mol. The van der Waals surface area contributed by atoms with E-state index in [1.54, 1.807) is 14.2 Å². The van der Waals surface area contributed by atoms with Crippen LogP contribution in [0.4, 0.5) is 0 Å². The van der Waals surface area contributed by atoms with E-state index in [-0.39, 0.29) is 11.4 Å². The van der Waals surface area contributed by atoms with Gasteiger partial charge in [0, 0.05) is 31.7 Å². The minimum atomic E-state index is -0.224. The van der Waals surface area contributed by atoms with Gasteiger partial charge in [0.05, 0.1) is 19.8 Å². The van der Waals surface area contributed by atoms with Gasteiger partial charge in [0.1, 0.15) is 11.5 Å². The first-order valence-electron chi connectivity index (χ1n) is 11.0. The summed E-state index contributed by atoms with van der Waals surface area (Å²) in [6.45, 7) is 3.93. The number of rotatable bonds is 6. The van der Waals surface area contributed by atoms with Crippen LogP contribution in [0.1, 0.15) is 47.2 Å². The molecule has 2 aromatic carbocycles. The summed E-state index contributed by atoms with van der Waals surface area (Å²) in [6, 6.07) is 14.1. The topological polar surface area (TPSA) is 42.0 Å². The average Bonchev–Trinajstić information content (AvgIpc) is 3.58. The van der Waals surface area contributed by atoms with Crippen molar-refractivity contribution in [2.24, 2.45) is 5.92 Å². The highest BCUT2D eigenvalue weighted by Gasteiger charge is 2.51. The molecule has 2 heterocycles. The number of fused-ring (bicyclic) bond motifs is 2. The largest absolute Gasteiger partial charge is 0.497 e. The van der Waals surface area contributed by atoms with Crippen molar-refractivity contribution in [2.45, 2.75) is 37.8 Å². The van der Waals surface area contributed by atoms with Gasteiger partial charge in [-0.2, -0.15) is 0 Å². The molecule has 0 radical (unpaired) electrons. The molecule has 5 nitrogen and oxygen atoms in total.